The molecule has 0 fully saturated rings. The maximum atomic E-state index is 11.4. The van der Waals surface area contributed by atoms with Gasteiger partial charge in [-0.2, -0.15) is 5.10 Å². The molecule has 0 spiro atoms. The lowest BCUT2D eigenvalue weighted by Gasteiger charge is -2.02. The average Bonchev–Trinajstić information content (AvgIpc) is 2.71. The Labute approximate surface area is 86.0 Å². The predicted molar refractivity (Wildman–Crippen MR) is 52.9 cm³/mol. The van der Waals surface area contributed by atoms with Crippen molar-refractivity contribution in [3.8, 4) is 0 Å². The summed E-state index contributed by atoms with van der Waals surface area (Å²) in [7, 11) is 0. The van der Waals surface area contributed by atoms with Gasteiger partial charge in [-0.05, 0) is 12.1 Å². The maximum absolute atomic E-state index is 11.4. The van der Waals surface area contributed by atoms with E-state index >= 15 is 0 Å². The summed E-state index contributed by atoms with van der Waals surface area (Å²) in [6.07, 6.45) is 6.46. The van der Waals surface area contributed by atoms with Crippen LogP contribution in [0.25, 0.3) is 0 Å². The number of anilines is 1. The topological polar surface area (TPSA) is 72.7 Å². The van der Waals surface area contributed by atoms with Crippen molar-refractivity contribution in [3.05, 3.63) is 36.9 Å². The van der Waals surface area contributed by atoms with Gasteiger partial charge in [0.2, 0.25) is 11.9 Å². The predicted octanol–water partition coefficient (Wildman–Crippen LogP) is 0.312. The minimum absolute atomic E-state index is 0.158. The van der Waals surface area contributed by atoms with Gasteiger partial charge in [0.1, 0.15) is 6.54 Å². The molecule has 2 aromatic heterocycles. The average molecular weight is 203 g/mol. The minimum Gasteiger partial charge on any atom is -0.293 e. The van der Waals surface area contributed by atoms with E-state index in [4.69, 9.17) is 0 Å². The lowest BCUT2D eigenvalue weighted by atomic mass is 10.6. The van der Waals surface area contributed by atoms with Crippen LogP contribution in [0.15, 0.2) is 36.9 Å². The fourth-order valence-corrected chi connectivity index (χ4v) is 1.07. The maximum Gasteiger partial charge on any atom is 0.248 e. The number of amides is 1. The Morgan fingerprint density at radius 2 is 2.07 bits per heavy atom. The van der Waals surface area contributed by atoms with Gasteiger partial charge < -0.3 is 0 Å². The van der Waals surface area contributed by atoms with Gasteiger partial charge in [-0.25, -0.2) is 9.97 Å². The van der Waals surface area contributed by atoms with E-state index in [-0.39, 0.29) is 12.5 Å². The van der Waals surface area contributed by atoms with Crippen molar-refractivity contribution in [2.45, 2.75) is 6.54 Å². The van der Waals surface area contributed by atoms with E-state index < -0.39 is 0 Å². The molecule has 0 aliphatic rings. The third kappa shape index (κ3) is 2.60. The van der Waals surface area contributed by atoms with Gasteiger partial charge in [0.05, 0.1) is 0 Å². The summed E-state index contributed by atoms with van der Waals surface area (Å²) >= 11 is 0. The molecule has 2 rings (SSSR count). The fourth-order valence-electron chi connectivity index (χ4n) is 1.07. The van der Waals surface area contributed by atoms with Crippen molar-refractivity contribution in [2.75, 3.05) is 5.32 Å². The minimum atomic E-state index is -0.204. The molecular weight excluding hydrogens is 194 g/mol. The summed E-state index contributed by atoms with van der Waals surface area (Å²) in [4.78, 5) is 19.2. The third-order valence-electron chi connectivity index (χ3n) is 1.68. The highest BCUT2D eigenvalue weighted by atomic mass is 16.2. The number of hydrogen-bond acceptors (Lipinski definition) is 4. The Morgan fingerprint density at radius 1 is 1.27 bits per heavy atom. The number of rotatable bonds is 3. The lowest BCUT2D eigenvalue weighted by molar-refractivity contribution is -0.116. The quantitative estimate of drug-likeness (QED) is 0.779. The zero-order chi connectivity index (χ0) is 10.5. The summed E-state index contributed by atoms with van der Waals surface area (Å²) < 4.78 is 1.53. The molecule has 0 saturated carbocycles. The normalized spacial score (nSPS) is 9.87. The van der Waals surface area contributed by atoms with E-state index in [9.17, 15) is 4.79 Å². The first-order valence-electron chi connectivity index (χ1n) is 4.39. The first-order valence-corrected chi connectivity index (χ1v) is 4.39. The fraction of sp³-hybridized carbons (Fsp3) is 0.111. The molecule has 6 nitrogen and oxygen atoms in total. The second-order valence-corrected chi connectivity index (χ2v) is 2.82. The molecule has 2 aromatic rings. The van der Waals surface area contributed by atoms with Gasteiger partial charge in [-0.1, -0.05) is 0 Å². The van der Waals surface area contributed by atoms with Gasteiger partial charge in [0.15, 0.2) is 0 Å². The van der Waals surface area contributed by atoms with Gasteiger partial charge in [-0.3, -0.25) is 14.8 Å². The van der Waals surface area contributed by atoms with Crippen LogP contribution in [0.1, 0.15) is 0 Å². The summed E-state index contributed by atoms with van der Waals surface area (Å²) in [5.41, 5.74) is 0. The first-order chi connectivity index (χ1) is 7.34. The van der Waals surface area contributed by atoms with Crippen LogP contribution in [0.4, 0.5) is 5.95 Å². The van der Waals surface area contributed by atoms with Crippen molar-refractivity contribution in [1.29, 1.82) is 0 Å². The number of aromatic nitrogens is 4. The standard InChI is InChI=1S/C9H9N5O/c15-8(7-14-6-2-5-12-14)13-9-10-3-1-4-11-9/h1-6H,7H2,(H,10,11,13,15). The van der Waals surface area contributed by atoms with E-state index in [0.717, 1.165) is 0 Å². The molecule has 1 amide bonds. The third-order valence-corrected chi connectivity index (χ3v) is 1.68. The van der Waals surface area contributed by atoms with Crippen molar-refractivity contribution < 1.29 is 4.79 Å². The second-order valence-electron chi connectivity index (χ2n) is 2.82. The lowest BCUT2D eigenvalue weighted by Crippen LogP contribution is -2.20. The Morgan fingerprint density at radius 3 is 2.73 bits per heavy atom. The van der Waals surface area contributed by atoms with Crippen molar-refractivity contribution in [2.24, 2.45) is 0 Å². The van der Waals surface area contributed by atoms with Crippen LogP contribution in [-0.4, -0.2) is 25.7 Å². The Hall–Kier alpha value is -2.24. The molecule has 0 unspecified atom stereocenters. The van der Waals surface area contributed by atoms with Crippen LogP contribution in [0, 0.1) is 0 Å². The van der Waals surface area contributed by atoms with Crippen LogP contribution in [0.5, 0.6) is 0 Å². The first kappa shape index (κ1) is 9.32. The van der Waals surface area contributed by atoms with Gasteiger partial charge in [0, 0.05) is 24.8 Å². The number of nitrogens with zero attached hydrogens (tertiary/aromatic N) is 4. The smallest absolute Gasteiger partial charge is 0.248 e. The van der Waals surface area contributed by atoms with Crippen molar-refractivity contribution >= 4 is 11.9 Å². The summed E-state index contributed by atoms with van der Waals surface area (Å²) in [6, 6.07) is 3.44. The summed E-state index contributed by atoms with van der Waals surface area (Å²) in [5.74, 6) is 0.0968. The van der Waals surface area contributed by atoms with E-state index in [1.165, 1.54) is 4.68 Å². The molecule has 0 radical (unpaired) electrons. The van der Waals surface area contributed by atoms with Crippen LogP contribution >= 0.6 is 0 Å². The molecular formula is C9H9N5O. The zero-order valence-corrected chi connectivity index (χ0v) is 7.87. The van der Waals surface area contributed by atoms with E-state index in [0.29, 0.717) is 5.95 Å². The summed E-state index contributed by atoms with van der Waals surface area (Å²) in [5, 5.41) is 6.47. The molecule has 0 saturated heterocycles. The highest BCUT2D eigenvalue weighted by molar-refractivity contribution is 5.88. The van der Waals surface area contributed by atoms with Gasteiger partial charge >= 0.3 is 0 Å². The molecule has 0 aliphatic heterocycles. The van der Waals surface area contributed by atoms with E-state index in [1.807, 2.05) is 0 Å². The van der Waals surface area contributed by atoms with Crippen LogP contribution in [0.2, 0.25) is 0 Å². The number of hydrogen-bond donors (Lipinski definition) is 1. The SMILES string of the molecule is O=C(Cn1cccn1)Nc1ncccn1. The van der Waals surface area contributed by atoms with Gasteiger partial charge in [0.25, 0.3) is 0 Å². The molecule has 0 atom stereocenters. The Bertz CT molecular complexity index is 425. The van der Waals surface area contributed by atoms with Crippen LogP contribution < -0.4 is 5.32 Å². The molecule has 1 N–H and O–H groups in total. The van der Waals surface area contributed by atoms with Crippen LogP contribution in [-0.2, 0) is 11.3 Å². The molecule has 0 aromatic carbocycles. The zero-order valence-electron chi connectivity index (χ0n) is 7.87. The van der Waals surface area contributed by atoms with E-state index in [2.05, 4.69) is 20.4 Å². The Balaban J connectivity index is 1.94. The summed E-state index contributed by atoms with van der Waals surface area (Å²) in [6.45, 7) is 0.158. The molecule has 0 aliphatic carbocycles. The Kier molecular flexibility index (Phi) is 2.68. The van der Waals surface area contributed by atoms with Crippen molar-refractivity contribution in [1.82, 2.24) is 19.7 Å². The molecule has 76 valence electrons. The monoisotopic (exact) mass is 203 g/mol. The largest absolute Gasteiger partial charge is 0.293 e. The molecule has 0 bridgehead atoms. The number of nitrogens with one attached hydrogen (secondary N) is 1. The second kappa shape index (κ2) is 4.32. The molecule has 15 heavy (non-hydrogen) atoms. The van der Waals surface area contributed by atoms with Crippen LogP contribution in [0.3, 0.4) is 0 Å². The number of carbonyl (C=O) groups is 1. The highest BCUT2D eigenvalue weighted by Gasteiger charge is 2.04. The molecule has 2 heterocycles. The van der Waals surface area contributed by atoms with Gasteiger partial charge in [-0.15, -0.1) is 0 Å². The van der Waals surface area contributed by atoms with E-state index in [1.54, 1.807) is 36.9 Å². The molecule has 6 heteroatoms. The van der Waals surface area contributed by atoms with Crippen molar-refractivity contribution in [3.63, 3.8) is 0 Å². The highest BCUT2D eigenvalue weighted by Crippen LogP contribution is 1.94. The number of carbonyl (C=O) groups excluding carboxylic acids is 1.